The van der Waals surface area contributed by atoms with Crippen LogP contribution >= 0.6 is 0 Å². The molecule has 1 fully saturated rings. The molecule has 0 saturated carbocycles. The number of methoxy groups -OCH3 is 2. The van der Waals surface area contributed by atoms with Crippen LogP contribution in [0.2, 0.25) is 0 Å². The van der Waals surface area contributed by atoms with Gasteiger partial charge in [0.05, 0.1) is 20.8 Å². The van der Waals surface area contributed by atoms with Crippen LogP contribution < -0.4 is 20.1 Å². The number of anilines is 1. The molecule has 2 N–H and O–H groups in total. The van der Waals surface area contributed by atoms with Gasteiger partial charge in [-0.1, -0.05) is 12.1 Å². The number of pyridine rings is 1. The summed E-state index contributed by atoms with van der Waals surface area (Å²) in [6, 6.07) is 9.14. The number of benzene rings is 1. The summed E-state index contributed by atoms with van der Waals surface area (Å²) in [5, 5.41) is 5.28. The number of amides is 4. The Morgan fingerprint density at radius 1 is 1.17 bits per heavy atom. The van der Waals surface area contributed by atoms with E-state index in [2.05, 4.69) is 15.6 Å². The number of nitrogens with zero attached hydrogens (tertiary/aromatic N) is 2. The summed E-state index contributed by atoms with van der Waals surface area (Å²) in [5.74, 6) is 0.874. The molecule has 4 amide bonds. The van der Waals surface area contributed by atoms with Crippen molar-refractivity contribution < 1.29 is 23.9 Å². The van der Waals surface area contributed by atoms with Crippen molar-refractivity contribution in [2.75, 3.05) is 19.5 Å². The molecule has 0 spiro atoms. The lowest BCUT2D eigenvalue weighted by Crippen LogP contribution is -2.31. The van der Waals surface area contributed by atoms with Gasteiger partial charge in [-0.25, -0.2) is 9.78 Å². The van der Waals surface area contributed by atoms with Crippen molar-refractivity contribution in [3.63, 3.8) is 0 Å². The summed E-state index contributed by atoms with van der Waals surface area (Å²) < 4.78 is 10.4. The number of hydrogen-bond acceptors (Lipinski definition) is 6. The van der Waals surface area contributed by atoms with Crippen LogP contribution in [0.4, 0.5) is 10.6 Å². The molecular formula is C20H22N4O5. The topological polar surface area (TPSA) is 110 Å². The van der Waals surface area contributed by atoms with E-state index < -0.39 is 12.1 Å². The second-order valence-electron chi connectivity index (χ2n) is 6.42. The van der Waals surface area contributed by atoms with Gasteiger partial charge in [-0.3, -0.25) is 14.5 Å². The number of nitrogens with one attached hydrogen (secondary N) is 2. The molecule has 0 aliphatic carbocycles. The van der Waals surface area contributed by atoms with Gasteiger partial charge in [0.15, 0.2) is 11.5 Å². The molecule has 1 saturated heterocycles. The van der Waals surface area contributed by atoms with Gasteiger partial charge in [0.1, 0.15) is 11.9 Å². The van der Waals surface area contributed by atoms with Gasteiger partial charge >= 0.3 is 6.03 Å². The highest BCUT2D eigenvalue weighted by Crippen LogP contribution is 2.28. The van der Waals surface area contributed by atoms with E-state index in [1.165, 1.54) is 14.2 Å². The summed E-state index contributed by atoms with van der Waals surface area (Å²) in [6.45, 7) is 0.0989. The van der Waals surface area contributed by atoms with Gasteiger partial charge in [-0.05, 0) is 36.2 Å². The minimum atomic E-state index is -0.739. The predicted molar refractivity (Wildman–Crippen MR) is 105 cm³/mol. The molecular weight excluding hydrogens is 376 g/mol. The number of rotatable bonds is 8. The lowest BCUT2D eigenvalue weighted by atomic mass is 10.1. The Balaban J connectivity index is 1.57. The number of aromatic nitrogens is 1. The lowest BCUT2D eigenvalue weighted by Gasteiger charge is -2.15. The third-order valence-electron chi connectivity index (χ3n) is 4.49. The number of carbonyl (C=O) groups excluding carboxylic acids is 3. The molecule has 1 aromatic heterocycles. The molecule has 1 atom stereocenters. The number of ether oxygens (including phenoxy) is 2. The highest BCUT2D eigenvalue weighted by atomic mass is 16.5. The Bertz CT molecular complexity index is 903. The average molecular weight is 398 g/mol. The van der Waals surface area contributed by atoms with Gasteiger partial charge in [0.25, 0.3) is 5.91 Å². The second kappa shape index (κ2) is 9.05. The van der Waals surface area contributed by atoms with Crippen LogP contribution in [0.3, 0.4) is 0 Å². The van der Waals surface area contributed by atoms with Gasteiger partial charge in [-0.15, -0.1) is 0 Å². The van der Waals surface area contributed by atoms with E-state index in [0.717, 1.165) is 10.5 Å². The maximum atomic E-state index is 12.6. The molecule has 0 radical (unpaired) electrons. The van der Waals surface area contributed by atoms with Crippen molar-refractivity contribution >= 4 is 23.7 Å². The molecule has 1 aromatic carbocycles. The van der Waals surface area contributed by atoms with Gasteiger partial charge in [0, 0.05) is 12.6 Å². The van der Waals surface area contributed by atoms with E-state index in [4.69, 9.17) is 9.47 Å². The van der Waals surface area contributed by atoms with Crippen molar-refractivity contribution in [2.24, 2.45) is 0 Å². The van der Waals surface area contributed by atoms with Crippen molar-refractivity contribution in [1.82, 2.24) is 15.2 Å². The average Bonchev–Trinajstić information content (AvgIpc) is 3.00. The van der Waals surface area contributed by atoms with Crippen LogP contribution in [0, 0.1) is 0 Å². The number of hydrogen-bond donors (Lipinski definition) is 2. The van der Waals surface area contributed by atoms with Crippen LogP contribution in [0.5, 0.6) is 11.5 Å². The summed E-state index contributed by atoms with van der Waals surface area (Å²) in [7, 11) is 3.05. The van der Waals surface area contributed by atoms with Gasteiger partial charge in [-0.2, -0.15) is 0 Å². The zero-order chi connectivity index (χ0) is 20.8. The third-order valence-corrected chi connectivity index (χ3v) is 4.49. The smallest absolute Gasteiger partial charge is 0.325 e. The first-order valence-electron chi connectivity index (χ1n) is 9.05. The molecule has 1 aliphatic rings. The molecule has 0 unspecified atom stereocenters. The second-order valence-corrected chi connectivity index (χ2v) is 6.42. The fourth-order valence-electron chi connectivity index (χ4n) is 3.00. The molecule has 0 bridgehead atoms. The highest BCUT2D eigenvalue weighted by Gasteiger charge is 2.37. The predicted octanol–water partition coefficient (Wildman–Crippen LogP) is 1.94. The number of urea groups is 1. The first-order valence-corrected chi connectivity index (χ1v) is 9.05. The largest absolute Gasteiger partial charge is 0.493 e. The van der Waals surface area contributed by atoms with Crippen LogP contribution in [-0.4, -0.2) is 48.0 Å². The summed E-state index contributed by atoms with van der Waals surface area (Å²) in [6.07, 6.45) is 1.85. The Labute approximate surface area is 168 Å². The van der Waals surface area contributed by atoms with E-state index in [0.29, 0.717) is 17.3 Å². The van der Waals surface area contributed by atoms with E-state index in [1.807, 2.05) is 0 Å². The first kappa shape index (κ1) is 20.1. The zero-order valence-corrected chi connectivity index (χ0v) is 16.2. The monoisotopic (exact) mass is 398 g/mol. The van der Waals surface area contributed by atoms with E-state index in [1.54, 1.807) is 42.6 Å². The van der Waals surface area contributed by atoms with E-state index >= 15 is 0 Å². The highest BCUT2D eigenvalue weighted by molar-refractivity contribution is 6.04. The van der Waals surface area contributed by atoms with Crippen molar-refractivity contribution in [3.05, 3.63) is 48.2 Å². The summed E-state index contributed by atoms with van der Waals surface area (Å²) in [4.78, 5) is 42.0. The third kappa shape index (κ3) is 4.81. The maximum absolute atomic E-state index is 12.6. The van der Waals surface area contributed by atoms with Crippen molar-refractivity contribution in [3.8, 4) is 11.5 Å². The molecule has 9 nitrogen and oxygen atoms in total. The van der Waals surface area contributed by atoms with Gasteiger partial charge in [0.2, 0.25) is 5.91 Å². The summed E-state index contributed by atoms with van der Waals surface area (Å²) in [5.41, 5.74) is 0.722. The molecule has 1 aliphatic heterocycles. The maximum Gasteiger partial charge on any atom is 0.325 e. The van der Waals surface area contributed by atoms with Gasteiger partial charge < -0.3 is 20.1 Å². The molecule has 2 heterocycles. The summed E-state index contributed by atoms with van der Waals surface area (Å²) >= 11 is 0. The quantitative estimate of drug-likeness (QED) is 0.658. The fourth-order valence-corrected chi connectivity index (χ4v) is 3.00. The minimum absolute atomic E-state index is 0.0808. The molecule has 152 valence electrons. The number of imide groups is 1. The zero-order valence-electron chi connectivity index (χ0n) is 16.2. The van der Waals surface area contributed by atoms with Crippen LogP contribution in [0.15, 0.2) is 42.6 Å². The Hall–Kier alpha value is -3.62. The molecule has 2 aromatic rings. The Morgan fingerprint density at radius 3 is 2.66 bits per heavy atom. The van der Waals surface area contributed by atoms with E-state index in [9.17, 15) is 14.4 Å². The minimum Gasteiger partial charge on any atom is -0.493 e. The fraction of sp³-hybridized carbons (Fsp3) is 0.300. The van der Waals surface area contributed by atoms with Crippen LogP contribution in [0.25, 0.3) is 0 Å². The van der Waals surface area contributed by atoms with Crippen molar-refractivity contribution in [1.29, 1.82) is 0 Å². The van der Waals surface area contributed by atoms with Crippen molar-refractivity contribution in [2.45, 2.75) is 25.4 Å². The Kier molecular flexibility index (Phi) is 6.28. The molecule has 3 rings (SSSR count). The lowest BCUT2D eigenvalue weighted by molar-refractivity contribution is -0.128. The standard InChI is InChI=1S/C20H22N4O5/c1-28-15-8-6-13(11-16(15)29-2)12-24-19(26)14(22-20(24)27)7-9-18(25)23-17-5-3-4-10-21-17/h3-6,8,10-11,14H,7,9,12H2,1-2H3,(H,22,27)(H,21,23,25)/t14-/m0/s1. The number of carbonyl (C=O) groups is 3. The first-order chi connectivity index (χ1) is 14.0. The normalized spacial score (nSPS) is 15.8. The molecule has 29 heavy (non-hydrogen) atoms. The Morgan fingerprint density at radius 2 is 1.97 bits per heavy atom. The van der Waals surface area contributed by atoms with E-state index in [-0.39, 0.29) is 31.2 Å². The molecule has 9 heteroatoms. The van der Waals surface area contributed by atoms with Crippen LogP contribution in [0.1, 0.15) is 18.4 Å². The SMILES string of the molecule is COc1ccc(CN2C(=O)N[C@@H](CCC(=O)Nc3ccccn3)C2=O)cc1OC. The van der Waals surface area contributed by atoms with Crippen LogP contribution in [-0.2, 0) is 16.1 Å².